The van der Waals surface area contributed by atoms with Crippen molar-refractivity contribution in [1.82, 2.24) is 14.5 Å². The second kappa shape index (κ2) is 6.85. The van der Waals surface area contributed by atoms with Gasteiger partial charge < -0.3 is 14.4 Å². The number of nitrogens with zero attached hydrogens (tertiary/aromatic N) is 3. The van der Waals surface area contributed by atoms with E-state index in [2.05, 4.69) is 20.9 Å². The van der Waals surface area contributed by atoms with Crippen LogP contribution in [0.2, 0.25) is 0 Å². The minimum Gasteiger partial charge on any atom is -0.493 e. The maximum Gasteiger partial charge on any atom is 0.336 e. The van der Waals surface area contributed by atoms with Gasteiger partial charge in [-0.05, 0) is 40.2 Å². The Morgan fingerprint density at radius 1 is 1.22 bits per heavy atom. The molecule has 7 heteroatoms. The highest BCUT2D eigenvalue weighted by molar-refractivity contribution is 9.10. The third-order valence-corrected chi connectivity index (χ3v) is 4.91. The van der Waals surface area contributed by atoms with E-state index >= 15 is 0 Å². The Morgan fingerprint density at radius 2 is 2.04 bits per heavy atom. The average Bonchev–Trinajstić information content (AvgIpc) is 3.21. The normalized spacial score (nSPS) is 10.9. The van der Waals surface area contributed by atoms with E-state index in [-0.39, 0.29) is 5.56 Å². The summed E-state index contributed by atoms with van der Waals surface area (Å²) in [5.41, 5.74) is 2.73. The van der Waals surface area contributed by atoms with E-state index in [0.29, 0.717) is 22.5 Å². The number of hydrogen-bond acceptors (Lipinski definition) is 4. The van der Waals surface area contributed by atoms with E-state index in [9.17, 15) is 9.90 Å². The van der Waals surface area contributed by atoms with Gasteiger partial charge in [-0.3, -0.25) is 0 Å². The Labute approximate surface area is 163 Å². The molecule has 0 bridgehead atoms. The monoisotopic (exact) mass is 423 g/mol. The second-order valence-corrected chi connectivity index (χ2v) is 6.68. The van der Waals surface area contributed by atoms with Crippen LogP contribution in [-0.4, -0.2) is 32.7 Å². The van der Waals surface area contributed by atoms with E-state index in [1.165, 1.54) is 0 Å². The van der Waals surface area contributed by atoms with Crippen LogP contribution in [0.3, 0.4) is 0 Å². The molecule has 134 valence electrons. The van der Waals surface area contributed by atoms with Gasteiger partial charge in [-0.25, -0.2) is 14.8 Å². The largest absolute Gasteiger partial charge is 0.493 e. The molecule has 0 aliphatic rings. The predicted molar refractivity (Wildman–Crippen MR) is 106 cm³/mol. The fourth-order valence-corrected chi connectivity index (χ4v) is 3.55. The van der Waals surface area contributed by atoms with Crippen LogP contribution in [0.5, 0.6) is 5.75 Å². The zero-order chi connectivity index (χ0) is 19.0. The van der Waals surface area contributed by atoms with Crippen molar-refractivity contribution >= 4 is 32.8 Å². The van der Waals surface area contributed by atoms with Crippen LogP contribution in [0.25, 0.3) is 27.8 Å². The van der Waals surface area contributed by atoms with Gasteiger partial charge in [-0.15, -0.1) is 0 Å². The van der Waals surface area contributed by atoms with Crippen LogP contribution < -0.4 is 4.74 Å². The van der Waals surface area contributed by atoms with E-state index < -0.39 is 5.97 Å². The number of pyridine rings is 1. The number of benzene rings is 2. The van der Waals surface area contributed by atoms with Gasteiger partial charge in [-0.2, -0.15) is 0 Å². The molecule has 2 heterocycles. The Morgan fingerprint density at radius 3 is 2.74 bits per heavy atom. The lowest BCUT2D eigenvalue weighted by Crippen LogP contribution is -2.02. The Hall–Kier alpha value is -3.19. The average molecular weight is 424 g/mol. The zero-order valence-electron chi connectivity index (χ0n) is 14.3. The molecule has 0 fully saturated rings. The van der Waals surface area contributed by atoms with Crippen molar-refractivity contribution in [3.63, 3.8) is 0 Å². The van der Waals surface area contributed by atoms with Gasteiger partial charge in [-0.1, -0.05) is 18.2 Å². The minimum atomic E-state index is -1.00. The molecule has 1 N–H and O–H groups in total. The summed E-state index contributed by atoms with van der Waals surface area (Å²) in [7, 11) is 1.58. The molecule has 0 spiro atoms. The molecule has 0 amide bonds. The maximum absolute atomic E-state index is 11.7. The summed E-state index contributed by atoms with van der Waals surface area (Å²) in [6, 6.07) is 12.5. The number of imidazole rings is 1. The first-order valence-electron chi connectivity index (χ1n) is 8.08. The molecule has 0 radical (unpaired) electrons. The fourth-order valence-electron chi connectivity index (χ4n) is 3.06. The molecular formula is C20H14BrN3O3. The number of carboxylic acids is 1. The first-order chi connectivity index (χ1) is 13.1. The molecular weight excluding hydrogens is 410 g/mol. The van der Waals surface area contributed by atoms with Crippen molar-refractivity contribution in [2.45, 2.75) is 0 Å². The Kier molecular flexibility index (Phi) is 4.37. The zero-order valence-corrected chi connectivity index (χ0v) is 15.8. The molecule has 27 heavy (non-hydrogen) atoms. The number of methoxy groups -OCH3 is 1. The summed E-state index contributed by atoms with van der Waals surface area (Å²) in [4.78, 5) is 20.5. The van der Waals surface area contributed by atoms with Gasteiger partial charge in [0.05, 0.1) is 34.9 Å². The molecule has 0 atom stereocenters. The summed E-state index contributed by atoms with van der Waals surface area (Å²) in [5, 5.41) is 10.4. The van der Waals surface area contributed by atoms with Gasteiger partial charge in [0.15, 0.2) is 5.75 Å². The van der Waals surface area contributed by atoms with Crippen molar-refractivity contribution in [2.24, 2.45) is 0 Å². The van der Waals surface area contributed by atoms with E-state index in [1.807, 2.05) is 29.0 Å². The van der Waals surface area contributed by atoms with Gasteiger partial charge >= 0.3 is 5.97 Å². The summed E-state index contributed by atoms with van der Waals surface area (Å²) < 4.78 is 8.18. The first-order valence-corrected chi connectivity index (χ1v) is 8.87. The number of rotatable bonds is 4. The van der Waals surface area contributed by atoms with Crippen LogP contribution in [0.15, 0.2) is 65.7 Å². The topological polar surface area (TPSA) is 77.2 Å². The highest BCUT2D eigenvalue weighted by Gasteiger charge is 2.18. The SMILES string of the molecule is COc1c(Br)ccc2c(-n3ccnc3)cc(-c3ccccc3C(=O)O)nc12. The number of aromatic nitrogens is 3. The fraction of sp³-hybridized carbons (Fsp3) is 0.0500. The molecule has 4 rings (SSSR count). The number of carboxylic acid groups (broad SMARTS) is 1. The highest BCUT2D eigenvalue weighted by Crippen LogP contribution is 2.37. The predicted octanol–water partition coefficient (Wildman–Crippen LogP) is 4.56. The number of hydrogen-bond donors (Lipinski definition) is 1. The van der Waals surface area contributed by atoms with Crippen LogP contribution >= 0.6 is 15.9 Å². The quantitative estimate of drug-likeness (QED) is 0.520. The Balaban J connectivity index is 2.10. The Bertz CT molecular complexity index is 1160. The van der Waals surface area contributed by atoms with Gasteiger partial charge in [0.2, 0.25) is 0 Å². The summed E-state index contributed by atoms with van der Waals surface area (Å²) in [5.74, 6) is -0.415. The van der Waals surface area contributed by atoms with Gasteiger partial charge in [0, 0.05) is 23.3 Å². The molecule has 2 aromatic carbocycles. The molecule has 2 aromatic heterocycles. The lowest BCUT2D eigenvalue weighted by atomic mass is 10.0. The van der Waals surface area contributed by atoms with Crippen LogP contribution in [-0.2, 0) is 0 Å². The van der Waals surface area contributed by atoms with Crippen LogP contribution in [0.4, 0.5) is 0 Å². The molecule has 0 aliphatic carbocycles. The molecule has 6 nitrogen and oxygen atoms in total. The van der Waals surface area contributed by atoms with Crippen molar-refractivity contribution in [1.29, 1.82) is 0 Å². The third-order valence-electron chi connectivity index (χ3n) is 4.29. The highest BCUT2D eigenvalue weighted by atomic mass is 79.9. The number of ether oxygens (including phenoxy) is 1. The van der Waals surface area contributed by atoms with E-state index in [1.54, 1.807) is 43.9 Å². The minimum absolute atomic E-state index is 0.190. The lowest BCUT2D eigenvalue weighted by molar-refractivity contribution is 0.0697. The smallest absolute Gasteiger partial charge is 0.336 e. The molecule has 0 saturated heterocycles. The number of fused-ring (bicyclic) bond motifs is 1. The standard InChI is InChI=1S/C20H14BrN3O3/c1-27-19-15(21)7-6-14-17(24-9-8-22-11-24)10-16(23-18(14)19)12-4-2-3-5-13(12)20(25)26/h2-11H,1H3,(H,25,26). The first kappa shape index (κ1) is 17.2. The van der Waals surface area contributed by atoms with Gasteiger partial charge in [0.1, 0.15) is 5.52 Å². The number of aromatic carboxylic acids is 1. The molecule has 4 aromatic rings. The van der Waals surface area contributed by atoms with E-state index in [0.717, 1.165) is 15.5 Å². The third kappa shape index (κ3) is 2.96. The maximum atomic E-state index is 11.7. The summed E-state index contributed by atoms with van der Waals surface area (Å²) in [6.45, 7) is 0. The van der Waals surface area contributed by atoms with E-state index in [4.69, 9.17) is 9.72 Å². The summed E-state index contributed by atoms with van der Waals surface area (Å²) in [6.07, 6.45) is 5.21. The van der Waals surface area contributed by atoms with Crippen molar-refractivity contribution in [2.75, 3.05) is 7.11 Å². The van der Waals surface area contributed by atoms with Gasteiger partial charge in [0.25, 0.3) is 0 Å². The molecule has 0 aliphatic heterocycles. The van der Waals surface area contributed by atoms with Crippen molar-refractivity contribution in [3.8, 4) is 22.7 Å². The second-order valence-electron chi connectivity index (χ2n) is 5.82. The number of carbonyl (C=O) groups is 1. The van der Waals surface area contributed by atoms with Crippen molar-refractivity contribution in [3.05, 3.63) is 71.2 Å². The molecule has 0 unspecified atom stereocenters. The lowest BCUT2D eigenvalue weighted by Gasteiger charge is -2.14. The summed E-state index contributed by atoms with van der Waals surface area (Å²) >= 11 is 3.49. The van der Waals surface area contributed by atoms with Crippen LogP contribution in [0.1, 0.15) is 10.4 Å². The number of halogens is 1. The van der Waals surface area contributed by atoms with Crippen LogP contribution in [0, 0.1) is 0 Å². The van der Waals surface area contributed by atoms with Crippen molar-refractivity contribution < 1.29 is 14.6 Å². The molecule has 0 saturated carbocycles.